The fourth-order valence-electron chi connectivity index (χ4n) is 3.80. The van der Waals surface area contributed by atoms with Crippen LogP contribution in [-0.2, 0) is 11.2 Å². The molecule has 0 radical (unpaired) electrons. The molecule has 2 aliphatic rings. The molecule has 0 spiro atoms. The lowest BCUT2D eigenvalue weighted by Crippen LogP contribution is -2.50. The molecule has 2 fully saturated rings. The number of rotatable bonds is 4. The van der Waals surface area contributed by atoms with Crippen molar-refractivity contribution in [3.8, 4) is 0 Å². The van der Waals surface area contributed by atoms with E-state index in [1.54, 1.807) is 6.07 Å². The van der Waals surface area contributed by atoms with Crippen molar-refractivity contribution in [2.24, 2.45) is 5.92 Å². The molecule has 1 amide bonds. The molecule has 0 N–H and O–H groups in total. The number of benzene rings is 1. The average molecular weight is 369 g/mol. The van der Waals surface area contributed by atoms with Crippen molar-refractivity contribution in [1.29, 1.82) is 0 Å². The first kappa shape index (κ1) is 18.0. The third kappa shape index (κ3) is 4.65. The van der Waals surface area contributed by atoms with Gasteiger partial charge in [-0.25, -0.2) is 0 Å². The van der Waals surface area contributed by atoms with Gasteiger partial charge in [-0.1, -0.05) is 48.5 Å². The standard InChI is InChI=1S/C19H26Cl2N2O/c20-17-7-6-15(18(21)14-17)8-9-22-10-12-23(13-11-22)19(24)16-4-2-1-3-5-16/h6-7,14,16H,1-5,8-13H2. The first-order valence-electron chi connectivity index (χ1n) is 9.08. The van der Waals surface area contributed by atoms with Gasteiger partial charge in [-0.05, 0) is 37.0 Å². The number of carbonyl (C=O) groups is 1. The molecular weight excluding hydrogens is 343 g/mol. The summed E-state index contributed by atoms with van der Waals surface area (Å²) in [5.74, 6) is 0.688. The number of piperazine rings is 1. The van der Waals surface area contributed by atoms with Crippen LogP contribution in [0.3, 0.4) is 0 Å². The van der Waals surface area contributed by atoms with E-state index in [1.807, 2.05) is 12.1 Å². The summed E-state index contributed by atoms with van der Waals surface area (Å²) in [5, 5.41) is 1.42. The number of nitrogens with zero attached hydrogens (tertiary/aromatic N) is 2. The number of halogens is 2. The maximum atomic E-state index is 12.6. The van der Waals surface area contributed by atoms with Crippen LogP contribution in [0.4, 0.5) is 0 Å². The highest BCUT2D eigenvalue weighted by atomic mass is 35.5. The molecule has 0 unspecified atom stereocenters. The molecule has 1 aliphatic carbocycles. The smallest absolute Gasteiger partial charge is 0.225 e. The minimum Gasteiger partial charge on any atom is -0.340 e. The van der Waals surface area contributed by atoms with E-state index in [0.717, 1.165) is 62.6 Å². The summed E-state index contributed by atoms with van der Waals surface area (Å²) < 4.78 is 0. The summed E-state index contributed by atoms with van der Waals surface area (Å²) in [6.07, 6.45) is 6.84. The Hall–Kier alpha value is -0.770. The summed E-state index contributed by atoms with van der Waals surface area (Å²) in [5.41, 5.74) is 1.14. The topological polar surface area (TPSA) is 23.6 Å². The van der Waals surface area contributed by atoms with Crippen LogP contribution in [0.25, 0.3) is 0 Å². The number of amides is 1. The molecule has 24 heavy (non-hydrogen) atoms. The Balaban J connectivity index is 1.44. The minimum absolute atomic E-state index is 0.290. The Morgan fingerprint density at radius 3 is 2.42 bits per heavy atom. The molecule has 1 aromatic carbocycles. The maximum absolute atomic E-state index is 12.6. The van der Waals surface area contributed by atoms with Gasteiger partial charge in [-0.15, -0.1) is 0 Å². The van der Waals surface area contributed by atoms with Crippen molar-refractivity contribution in [3.63, 3.8) is 0 Å². The lowest BCUT2D eigenvalue weighted by molar-refractivity contribution is -0.138. The summed E-state index contributed by atoms with van der Waals surface area (Å²) in [6, 6.07) is 5.70. The monoisotopic (exact) mass is 368 g/mol. The van der Waals surface area contributed by atoms with Crippen molar-refractivity contribution >= 4 is 29.1 Å². The SMILES string of the molecule is O=C(C1CCCCC1)N1CCN(CCc2ccc(Cl)cc2Cl)CC1. The van der Waals surface area contributed by atoms with Gasteiger partial charge >= 0.3 is 0 Å². The van der Waals surface area contributed by atoms with Crippen LogP contribution in [-0.4, -0.2) is 48.4 Å². The predicted octanol–water partition coefficient (Wildman–Crippen LogP) is 4.26. The first-order chi connectivity index (χ1) is 11.6. The fourth-order valence-corrected chi connectivity index (χ4v) is 4.31. The highest BCUT2D eigenvalue weighted by Crippen LogP contribution is 2.26. The van der Waals surface area contributed by atoms with Crippen molar-refractivity contribution in [1.82, 2.24) is 9.80 Å². The fraction of sp³-hybridized carbons (Fsp3) is 0.632. The van der Waals surface area contributed by atoms with Crippen LogP contribution in [0, 0.1) is 5.92 Å². The molecule has 0 bridgehead atoms. The van der Waals surface area contributed by atoms with E-state index in [0.29, 0.717) is 10.9 Å². The lowest BCUT2D eigenvalue weighted by Gasteiger charge is -2.37. The molecule has 0 atom stereocenters. The zero-order valence-corrected chi connectivity index (χ0v) is 15.7. The third-order valence-corrected chi connectivity index (χ3v) is 5.94. The Morgan fingerprint density at radius 2 is 1.75 bits per heavy atom. The van der Waals surface area contributed by atoms with Crippen LogP contribution < -0.4 is 0 Å². The lowest BCUT2D eigenvalue weighted by atomic mass is 9.88. The third-order valence-electron chi connectivity index (χ3n) is 5.35. The zero-order chi connectivity index (χ0) is 16.9. The average Bonchev–Trinajstić information content (AvgIpc) is 2.62. The largest absolute Gasteiger partial charge is 0.340 e. The molecule has 1 aliphatic heterocycles. The van der Waals surface area contributed by atoms with Crippen molar-refractivity contribution in [3.05, 3.63) is 33.8 Å². The van der Waals surface area contributed by atoms with Gasteiger partial charge in [0, 0.05) is 48.7 Å². The van der Waals surface area contributed by atoms with E-state index in [2.05, 4.69) is 9.80 Å². The maximum Gasteiger partial charge on any atom is 0.225 e. The summed E-state index contributed by atoms with van der Waals surface area (Å²) in [4.78, 5) is 17.1. The minimum atomic E-state index is 0.290. The van der Waals surface area contributed by atoms with Crippen molar-refractivity contribution in [2.45, 2.75) is 38.5 Å². The normalized spacial score (nSPS) is 20.3. The Kier molecular flexibility index (Phi) is 6.43. The quantitative estimate of drug-likeness (QED) is 0.792. The second-order valence-corrected chi connectivity index (χ2v) is 7.83. The van der Waals surface area contributed by atoms with Crippen molar-refractivity contribution in [2.75, 3.05) is 32.7 Å². The van der Waals surface area contributed by atoms with E-state index in [-0.39, 0.29) is 5.92 Å². The van der Waals surface area contributed by atoms with Gasteiger partial charge in [-0.3, -0.25) is 9.69 Å². The van der Waals surface area contributed by atoms with Gasteiger partial charge in [-0.2, -0.15) is 0 Å². The van der Waals surface area contributed by atoms with Gasteiger partial charge in [0.1, 0.15) is 0 Å². The van der Waals surface area contributed by atoms with Crippen molar-refractivity contribution < 1.29 is 4.79 Å². The molecule has 1 saturated carbocycles. The zero-order valence-electron chi connectivity index (χ0n) is 14.1. The van der Waals surface area contributed by atoms with Gasteiger partial charge in [0.2, 0.25) is 5.91 Å². The number of hydrogen-bond acceptors (Lipinski definition) is 2. The highest BCUT2D eigenvalue weighted by Gasteiger charge is 2.28. The van der Waals surface area contributed by atoms with Crippen LogP contribution in [0.1, 0.15) is 37.7 Å². The number of hydrogen-bond donors (Lipinski definition) is 0. The van der Waals surface area contributed by atoms with E-state index in [9.17, 15) is 4.79 Å². The molecule has 3 rings (SSSR count). The summed E-state index contributed by atoms with van der Waals surface area (Å²) in [6.45, 7) is 4.63. The molecule has 1 aromatic rings. The van der Waals surface area contributed by atoms with Gasteiger partial charge in [0.15, 0.2) is 0 Å². The Morgan fingerprint density at radius 1 is 1.04 bits per heavy atom. The van der Waals surface area contributed by atoms with E-state index in [1.165, 1.54) is 19.3 Å². The molecule has 1 heterocycles. The highest BCUT2D eigenvalue weighted by molar-refractivity contribution is 6.35. The van der Waals surface area contributed by atoms with Crippen LogP contribution in [0.15, 0.2) is 18.2 Å². The Labute approximate surface area is 154 Å². The second kappa shape index (κ2) is 8.55. The summed E-state index contributed by atoms with van der Waals surface area (Å²) in [7, 11) is 0. The van der Waals surface area contributed by atoms with Gasteiger partial charge < -0.3 is 4.90 Å². The molecular formula is C19H26Cl2N2O. The molecule has 1 saturated heterocycles. The van der Waals surface area contributed by atoms with Gasteiger partial charge in [0.05, 0.1) is 0 Å². The predicted molar refractivity (Wildman–Crippen MR) is 99.8 cm³/mol. The van der Waals surface area contributed by atoms with Crippen LogP contribution >= 0.6 is 23.2 Å². The summed E-state index contributed by atoms with van der Waals surface area (Å²) >= 11 is 12.2. The molecule has 132 valence electrons. The second-order valence-electron chi connectivity index (χ2n) is 6.99. The van der Waals surface area contributed by atoms with Crippen LogP contribution in [0.5, 0.6) is 0 Å². The van der Waals surface area contributed by atoms with E-state index in [4.69, 9.17) is 23.2 Å². The van der Waals surface area contributed by atoms with Crippen LogP contribution in [0.2, 0.25) is 10.0 Å². The molecule has 0 aromatic heterocycles. The Bertz CT molecular complexity index is 564. The molecule has 5 heteroatoms. The molecule has 3 nitrogen and oxygen atoms in total. The van der Waals surface area contributed by atoms with Gasteiger partial charge in [0.25, 0.3) is 0 Å². The first-order valence-corrected chi connectivity index (χ1v) is 9.84. The van der Waals surface area contributed by atoms with E-state index >= 15 is 0 Å². The number of carbonyl (C=O) groups excluding carboxylic acids is 1. The van der Waals surface area contributed by atoms with E-state index < -0.39 is 0 Å².